The second-order valence-electron chi connectivity index (χ2n) is 13.0. The van der Waals surface area contributed by atoms with Crippen molar-refractivity contribution in [3.63, 3.8) is 0 Å². The van der Waals surface area contributed by atoms with Crippen LogP contribution in [-0.2, 0) is 13.0 Å². The number of rotatable bonds is 5. The minimum Gasteiger partial charge on any atom is -0.504 e. The normalized spacial score (nSPS) is 15.5. The fourth-order valence-corrected chi connectivity index (χ4v) is 7.00. The van der Waals surface area contributed by atoms with E-state index in [-0.39, 0.29) is 23.7 Å². The fourth-order valence-electron chi connectivity index (χ4n) is 7.00. The highest BCUT2D eigenvalue weighted by Crippen LogP contribution is 2.47. The van der Waals surface area contributed by atoms with Crippen LogP contribution in [0.1, 0.15) is 62.9 Å². The van der Waals surface area contributed by atoms with Crippen molar-refractivity contribution in [1.29, 1.82) is 0 Å². The average molecular weight is 627 g/mol. The summed E-state index contributed by atoms with van der Waals surface area (Å²) in [4.78, 5) is 28.2. The first kappa shape index (κ1) is 28.8. The Morgan fingerprint density at radius 1 is 1.06 bits per heavy atom. The van der Waals surface area contributed by atoms with Crippen LogP contribution in [0.5, 0.6) is 11.5 Å². The molecule has 0 amide bonds. The number of phenolic OH excluding ortho intramolecular Hbond substituents is 1. The highest BCUT2D eigenvalue weighted by atomic mass is 16.5. The molecule has 2 aromatic carbocycles. The molecule has 0 saturated heterocycles. The van der Waals surface area contributed by atoms with Crippen molar-refractivity contribution in [3.05, 3.63) is 88.5 Å². The standard InChI is InChI=1S/C36H34N8O3/c1-36(2)19-25-24(15-16-27(45)32(25)47-36)31-30-33(37)38-21-39-34(30)43(41-31)20-28-40-26-14-8-13-23(12-7-11-22-9-3-4-10-22)29(26)35(46)44(28)42-17-5-6-18-42/h5-6,8,13-18,21-22,45H,3-4,9-11,19-20H2,1-2H3,(H2,37,38,39). The molecule has 5 heterocycles. The summed E-state index contributed by atoms with van der Waals surface area (Å²) >= 11 is 0. The molecule has 11 heteroatoms. The Hall–Kier alpha value is -5.63. The number of aromatic hydroxyl groups is 1. The molecule has 47 heavy (non-hydrogen) atoms. The number of fused-ring (bicyclic) bond motifs is 3. The molecular weight excluding hydrogens is 592 g/mol. The van der Waals surface area contributed by atoms with Gasteiger partial charge in [-0.25, -0.2) is 19.6 Å². The van der Waals surface area contributed by atoms with Gasteiger partial charge in [-0.2, -0.15) is 9.77 Å². The van der Waals surface area contributed by atoms with Gasteiger partial charge in [-0.15, -0.1) is 0 Å². The Morgan fingerprint density at radius 2 is 1.87 bits per heavy atom. The van der Waals surface area contributed by atoms with Gasteiger partial charge in [0.1, 0.15) is 30.0 Å². The SMILES string of the molecule is CC1(C)Cc2c(-c3nn(Cc4nc5cccc(C#CCC6CCCC6)c5c(=O)n4-n4cccc4)c4ncnc(N)c34)ccc(O)c2O1. The lowest BCUT2D eigenvalue weighted by Crippen LogP contribution is -2.31. The van der Waals surface area contributed by atoms with Gasteiger partial charge in [-0.05, 0) is 69.0 Å². The fraction of sp³-hybridized carbons (Fsp3) is 0.306. The Kier molecular flexibility index (Phi) is 6.75. The van der Waals surface area contributed by atoms with Crippen molar-refractivity contribution >= 4 is 27.8 Å². The third-order valence-corrected chi connectivity index (χ3v) is 9.18. The number of aromatic nitrogens is 7. The zero-order valence-corrected chi connectivity index (χ0v) is 26.3. The molecule has 0 spiro atoms. The molecule has 6 aromatic rings. The van der Waals surface area contributed by atoms with Gasteiger partial charge in [0.05, 0.1) is 16.3 Å². The number of nitrogens with two attached hydrogens (primary N) is 1. The van der Waals surface area contributed by atoms with E-state index in [1.165, 1.54) is 32.0 Å². The maximum Gasteiger partial charge on any atom is 0.282 e. The Balaban J connectivity index is 1.28. The number of nitrogens with zero attached hydrogens (tertiary/aromatic N) is 7. The van der Waals surface area contributed by atoms with Crippen molar-refractivity contribution in [3.8, 4) is 34.6 Å². The smallest absolute Gasteiger partial charge is 0.282 e. The molecule has 1 saturated carbocycles. The van der Waals surface area contributed by atoms with E-state index in [0.717, 1.165) is 17.5 Å². The number of anilines is 1. The number of phenols is 1. The number of hydrogen-bond donors (Lipinski definition) is 2. The van der Waals surface area contributed by atoms with Crippen LogP contribution in [0.3, 0.4) is 0 Å². The van der Waals surface area contributed by atoms with E-state index >= 15 is 0 Å². The largest absolute Gasteiger partial charge is 0.504 e. The predicted molar refractivity (Wildman–Crippen MR) is 179 cm³/mol. The lowest BCUT2D eigenvalue weighted by Gasteiger charge is -2.16. The molecule has 3 N–H and O–H groups in total. The first-order valence-corrected chi connectivity index (χ1v) is 16.0. The van der Waals surface area contributed by atoms with Gasteiger partial charge in [0.25, 0.3) is 5.56 Å². The van der Waals surface area contributed by atoms with Crippen LogP contribution in [0, 0.1) is 17.8 Å². The highest BCUT2D eigenvalue weighted by Gasteiger charge is 2.35. The second-order valence-corrected chi connectivity index (χ2v) is 13.0. The molecule has 1 aliphatic heterocycles. The summed E-state index contributed by atoms with van der Waals surface area (Å²) in [6.45, 7) is 4.06. The molecule has 11 nitrogen and oxygen atoms in total. The van der Waals surface area contributed by atoms with Gasteiger partial charge in [0, 0.05) is 41.9 Å². The first-order chi connectivity index (χ1) is 22.8. The molecule has 0 radical (unpaired) electrons. The maximum atomic E-state index is 14.4. The number of hydrogen-bond acceptors (Lipinski definition) is 8. The van der Waals surface area contributed by atoms with Crippen molar-refractivity contribution in [2.45, 2.75) is 64.5 Å². The van der Waals surface area contributed by atoms with Crippen LogP contribution in [0.2, 0.25) is 0 Å². The van der Waals surface area contributed by atoms with Crippen LogP contribution in [0.4, 0.5) is 5.82 Å². The molecule has 0 unspecified atom stereocenters. The summed E-state index contributed by atoms with van der Waals surface area (Å²) in [6, 6.07) is 12.8. The van der Waals surface area contributed by atoms with Gasteiger partial charge in [0.15, 0.2) is 23.0 Å². The van der Waals surface area contributed by atoms with Crippen LogP contribution in [0.15, 0.2) is 66.0 Å². The Morgan fingerprint density at radius 3 is 2.68 bits per heavy atom. The molecule has 1 aliphatic carbocycles. The summed E-state index contributed by atoms with van der Waals surface area (Å²) in [7, 11) is 0. The van der Waals surface area contributed by atoms with Gasteiger partial charge in [-0.1, -0.05) is 30.7 Å². The van der Waals surface area contributed by atoms with Crippen molar-refractivity contribution in [2.24, 2.45) is 5.92 Å². The Bertz CT molecular complexity index is 2300. The third kappa shape index (κ3) is 4.97. The molecule has 1 fully saturated rings. The van der Waals surface area contributed by atoms with E-state index in [9.17, 15) is 9.90 Å². The predicted octanol–water partition coefficient (Wildman–Crippen LogP) is 5.30. The van der Waals surface area contributed by atoms with E-state index < -0.39 is 5.60 Å². The zero-order chi connectivity index (χ0) is 32.3. The molecule has 8 rings (SSSR count). The van der Waals surface area contributed by atoms with Crippen molar-refractivity contribution < 1.29 is 9.84 Å². The van der Waals surface area contributed by atoms with Crippen LogP contribution in [0.25, 0.3) is 33.2 Å². The summed E-state index contributed by atoms with van der Waals surface area (Å²) in [5, 5.41) is 16.7. The van der Waals surface area contributed by atoms with E-state index in [1.54, 1.807) is 32.5 Å². The van der Waals surface area contributed by atoms with Crippen molar-refractivity contribution in [2.75, 3.05) is 5.73 Å². The average Bonchev–Trinajstić information content (AvgIpc) is 3.86. The van der Waals surface area contributed by atoms with Gasteiger partial charge < -0.3 is 15.6 Å². The molecule has 2 aliphatic rings. The van der Waals surface area contributed by atoms with Crippen molar-refractivity contribution in [1.82, 2.24) is 34.1 Å². The molecule has 0 bridgehead atoms. The molecular formula is C36H34N8O3. The number of benzene rings is 2. The van der Waals surface area contributed by atoms with E-state index in [0.29, 0.717) is 57.1 Å². The van der Waals surface area contributed by atoms with E-state index in [2.05, 4.69) is 21.8 Å². The summed E-state index contributed by atoms with van der Waals surface area (Å²) < 4.78 is 11.1. The molecule has 4 aromatic heterocycles. The second kappa shape index (κ2) is 11.0. The zero-order valence-electron chi connectivity index (χ0n) is 26.3. The minimum atomic E-state index is -0.502. The number of ether oxygens (including phenoxy) is 1. The van der Waals surface area contributed by atoms with E-state index in [4.69, 9.17) is 20.6 Å². The van der Waals surface area contributed by atoms with Gasteiger partial charge >= 0.3 is 0 Å². The third-order valence-electron chi connectivity index (χ3n) is 9.18. The summed E-state index contributed by atoms with van der Waals surface area (Å²) in [6.07, 6.45) is 11.4. The minimum absolute atomic E-state index is 0.0704. The van der Waals surface area contributed by atoms with Crippen LogP contribution < -0.4 is 16.0 Å². The Labute approximate surface area is 270 Å². The summed E-state index contributed by atoms with van der Waals surface area (Å²) in [5.74, 6) is 8.49. The topological polar surface area (TPSA) is 139 Å². The van der Waals surface area contributed by atoms with Crippen LogP contribution >= 0.6 is 0 Å². The van der Waals surface area contributed by atoms with Gasteiger partial charge in [0.2, 0.25) is 0 Å². The van der Waals surface area contributed by atoms with E-state index in [1.807, 2.05) is 50.2 Å². The lowest BCUT2D eigenvalue weighted by molar-refractivity contribution is 0.134. The maximum absolute atomic E-state index is 14.4. The number of nitrogen functional groups attached to an aromatic ring is 1. The molecule has 236 valence electrons. The molecule has 0 atom stereocenters. The first-order valence-electron chi connectivity index (χ1n) is 16.0. The highest BCUT2D eigenvalue weighted by molar-refractivity contribution is 5.99. The van der Waals surface area contributed by atoms with Gasteiger partial charge in [-0.3, -0.25) is 9.47 Å². The monoisotopic (exact) mass is 626 g/mol. The quantitative estimate of drug-likeness (QED) is 0.246. The van der Waals surface area contributed by atoms with Crippen LogP contribution in [-0.4, -0.2) is 44.8 Å². The summed E-state index contributed by atoms with van der Waals surface area (Å²) in [5.41, 5.74) is 9.61. The lowest BCUT2D eigenvalue weighted by atomic mass is 9.95.